The van der Waals surface area contributed by atoms with Crippen LogP contribution in [-0.2, 0) is 14.3 Å². The van der Waals surface area contributed by atoms with Gasteiger partial charge in [-0.15, -0.1) is 0 Å². The third-order valence-corrected chi connectivity index (χ3v) is 3.55. The Kier molecular flexibility index (Phi) is 6.92. The largest absolute Gasteiger partial charge is 0.383 e. The van der Waals surface area contributed by atoms with Gasteiger partial charge in [-0.2, -0.15) is 0 Å². The molecule has 1 rings (SSSR count). The van der Waals surface area contributed by atoms with Crippen molar-refractivity contribution in [2.45, 2.75) is 58.9 Å². The highest BCUT2D eigenvalue weighted by molar-refractivity contribution is 5.82. The second-order valence-corrected chi connectivity index (χ2v) is 6.27. The lowest BCUT2D eigenvalue weighted by Crippen LogP contribution is -2.58. The van der Waals surface area contributed by atoms with E-state index in [-0.39, 0.29) is 36.1 Å². The van der Waals surface area contributed by atoms with Crippen LogP contribution in [0.1, 0.15) is 34.6 Å². The van der Waals surface area contributed by atoms with Crippen LogP contribution < -0.4 is 5.32 Å². The monoisotopic (exact) mass is 286 g/mol. The van der Waals surface area contributed by atoms with Gasteiger partial charge < -0.3 is 14.8 Å². The van der Waals surface area contributed by atoms with Gasteiger partial charge >= 0.3 is 0 Å². The van der Waals surface area contributed by atoms with Crippen molar-refractivity contribution in [1.29, 1.82) is 0 Å². The highest BCUT2D eigenvalue weighted by Gasteiger charge is 2.34. The first kappa shape index (κ1) is 17.4. The van der Waals surface area contributed by atoms with Gasteiger partial charge in [-0.05, 0) is 26.7 Å². The first-order valence-electron chi connectivity index (χ1n) is 7.54. The molecule has 1 fully saturated rings. The van der Waals surface area contributed by atoms with Crippen molar-refractivity contribution in [3.63, 3.8) is 0 Å². The van der Waals surface area contributed by atoms with E-state index in [1.54, 1.807) is 7.11 Å². The number of hydrogen-bond acceptors (Lipinski definition) is 4. The molecule has 0 saturated carbocycles. The van der Waals surface area contributed by atoms with E-state index in [1.165, 1.54) is 0 Å². The number of ether oxygens (including phenoxy) is 2. The summed E-state index contributed by atoms with van der Waals surface area (Å²) in [7, 11) is 1.65. The summed E-state index contributed by atoms with van der Waals surface area (Å²) in [5.41, 5.74) is 0. The van der Waals surface area contributed by atoms with Crippen molar-refractivity contribution >= 4 is 5.91 Å². The number of hydrogen-bond donors (Lipinski definition) is 1. The molecule has 0 aromatic heterocycles. The molecule has 0 bridgehead atoms. The maximum Gasteiger partial charge on any atom is 0.237 e. The molecule has 1 aliphatic rings. The Balaban J connectivity index is 2.70. The molecule has 0 radical (unpaired) electrons. The molecule has 1 N–H and O–H groups in total. The van der Waals surface area contributed by atoms with Gasteiger partial charge in [-0.1, -0.05) is 13.8 Å². The number of carbonyl (C=O) groups is 1. The fraction of sp³-hybridized carbons (Fsp3) is 0.933. The molecule has 1 heterocycles. The minimum Gasteiger partial charge on any atom is -0.383 e. The number of morpholine rings is 1. The van der Waals surface area contributed by atoms with E-state index < -0.39 is 0 Å². The van der Waals surface area contributed by atoms with Crippen molar-refractivity contribution < 1.29 is 14.3 Å². The molecule has 0 aromatic carbocycles. The maximum atomic E-state index is 12.5. The first-order valence-corrected chi connectivity index (χ1v) is 7.54. The molecule has 0 aliphatic carbocycles. The normalized spacial score (nSPS) is 27.4. The van der Waals surface area contributed by atoms with Crippen LogP contribution in [0.5, 0.6) is 0 Å². The summed E-state index contributed by atoms with van der Waals surface area (Å²) in [4.78, 5) is 14.8. The van der Waals surface area contributed by atoms with Crippen LogP contribution in [0, 0.1) is 5.92 Å². The zero-order valence-corrected chi connectivity index (χ0v) is 13.7. The molecule has 0 spiro atoms. The summed E-state index contributed by atoms with van der Waals surface area (Å²) >= 11 is 0. The molecule has 0 aromatic rings. The van der Waals surface area contributed by atoms with Gasteiger partial charge in [-0.3, -0.25) is 9.69 Å². The van der Waals surface area contributed by atoms with Gasteiger partial charge in [-0.25, -0.2) is 0 Å². The fourth-order valence-electron chi connectivity index (χ4n) is 2.95. The predicted molar refractivity (Wildman–Crippen MR) is 79.7 cm³/mol. The second-order valence-electron chi connectivity index (χ2n) is 6.27. The van der Waals surface area contributed by atoms with E-state index in [2.05, 4.69) is 37.9 Å². The van der Waals surface area contributed by atoms with Crippen LogP contribution in [0.2, 0.25) is 0 Å². The molecule has 20 heavy (non-hydrogen) atoms. The van der Waals surface area contributed by atoms with Gasteiger partial charge in [0, 0.05) is 26.2 Å². The van der Waals surface area contributed by atoms with Gasteiger partial charge in [0.25, 0.3) is 0 Å². The topological polar surface area (TPSA) is 50.8 Å². The van der Waals surface area contributed by atoms with E-state index in [4.69, 9.17) is 9.47 Å². The molecular formula is C15H30N2O3. The van der Waals surface area contributed by atoms with Crippen molar-refractivity contribution in [3.05, 3.63) is 0 Å². The average Bonchev–Trinajstić information content (AvgIpc) is 2.26. The molecule has 1 amide bonds. The quantitative estimate of drug-likeness (QED) is 0.799. The van der Waals surface area contributed by atoms with E-state index in [1.807, 2.05) is 6.92 Å². The van der Waals surface area contributed by atoms with Gasteiger partial charge in [0.15, 0.2) is 0 Å². The standard InChI is InChI=1S/C15H30N2O3/c1-10(2)14(15(18)16-11(3)9-19-6)17-7-12(4)20-13(5)8-17/h10-14H,7-9H2,1-6H3,(H,16,18). The van der Waals surface area contributed by atoms with Gasteiger partial charge in [0.2, 0.25) is 5.91 Å². The van der Waals surface area contributed by atoms with Crippen LogP contribution in [0.3, 0.4) is 0 Å². The summed E-state index contributed by atoms with van der Waals surface area (Å²) in [6.45, 7) is 12.4. The third kappa shape index (κ3) is 5.04. The smallest absolute Gasteiger partial charge is 0.237 e. The van der Waals surface area contributed by atoms with Gasteiger partial charge in [0.1, 0.15) is 0 Å². The minimum absolute atomic E-state index is 0.0321. The number of nitrogens with zero attached hydrogens (tertiary/aromatic N) is 1. The second kappa shape index (κ2) is 7.96. The first-order chi connectivity index (χ1) is 9.35. The average molecular weight is 286 g/mol. The molecule has 1 saturated heterocycles. The highest BCUT2D eigenvalue weighted by atomic mass is 16.5. The number of carbonyl (C=O) groups excluding carboxylic acids is 1. The number of methoxy groups -OCH3 is 1. The highest BCUT2D eigenvalue weighted by Crippen LogP contribution is 2.18. The van der Waals surface area contributed by atoms with Gasteiger partial charge in [0.05, 0.1) is 24.9 Å². The number of nitrogens with one attached hydrogen (secondary N) is 1. The Morgan fingerprint density at radius 1 is 1.30 bits per heavy atom. The Morgan fingerprint density at radius 3 is 2.30 bits per heavy atom. The molecule has 1 aliphatic heterocycles. The summed E-state index contributed by atoms with van der Waals surface area (Å²) in [6.07, 6.45) is 0.341. The summed E-state index contributed by atoms with van der Waals surface area (Å²) < 4.78 is 10.8. The Bertz CT molecular complexity index is 299. The lowest BCUT2D eigenvalue weighted by atomic mass is 9.99. The van der Waals surface area contributed by atoms with Crippen LogP contribution in [0.4, 0.5) is 0 Å². The maximum absolute atomic E-state index is 12.5. The van der Waals surface area contributed by atoms with Crippen molar-refractivity contribution in [2.75, 3.05) is 26.8 Å². The SMILES string of the molecule is COCC(C)NC(=O)C(C(C)C)N1CC(C)OC(C)C1. The summed E-state index contributed by atoms with van der Waals surface area (Å²) in [5.74, 6) is 0.355. The van der Waals surface area contributed by atoms with Crippen molar-refractivity contribution in [2.24, 2.45) is 5.92 Å². The van der Waals surface area contributed by atoms with E-state index in [0.717, 1.165) is 13.1 Å². The van der Waals surface area contributed by atoms with Crippen molar-refractivity contribution in [1.82, 2.24) is 10.2 Å². The Morgan fingerprint density at radius 2 is 1.85 bits per heavy atom. The van der Waals surface area contributed by atoms with Crippen LogP contribution in [0.15, 0.2) is 0 Å². The molecule has 4 unspecified atom stereocenters. The van der Waals surface area contributed by atoms with Crippen LogP contribution in [-0.4, -0.2) is 61.9 Å². The third-order valence-electron chi connectivity index (χ3n) is 3.55. The zero-order chi connectivity index (χ0) is 15.3. The van der Waals surface area contributed by atoms with Crippen LogP contribution in [0.25, 0.3) is 0 Å². The van der Waals surface area contributed by atoms with E-state index in [0.29, 0.717) is 6.61 Å². The lowest BCUT2D eigenvalue weighted by molar-refractivity contribution is -0.136. The zero-order valence-electron chi connectivity index (χ0n) is 13.7. The predicted octanol–water partition coefficient (Wildman–Crippen LogP) is 1.27. The minimum atomic E-state index is -0.108. The van der Waals surface area contributed by atoms with Crippen molar-refractivity contribution in [3.8, 4) is 0 Å². The summed E-state index contributed by atoms with van der Waals surface area (Å²) in [6, 6.07) is -0.0762. The molecule has 5 nitrogen and oxygen atoms in total. The van der Waals surface area contributed by atoms with E-state index in [9.17, 15) is 4.79 Å². The molecule has 118 valence electrons. The summed E-state index contributed by atoms with van der Waals surface area (Å²) in [5, 5.41) is 3.04. The fourth-order valence-corrected chi connectivity index (χ4v) is 2.95. The van der Waals surface area contributed by atoms with Crippen LogP contribution >= 0.6 is 0 Å². The lowest BCUT2D eigenvalue weighted by Gasteiger charge is -2.41. The molecule has 4 atom stereocenters. The molecule has 5 heteroatoms. The number of amides is 1. The number of rotatable bonds is 6. The molecular weight excluding hydrogens is 256 g/mol. The van der Waals surface area contributed by atoms with E-state index >= 15 is 0 Å². The Labute approximate surface area is 123 Å². The Hall–Kier alpha value is -0.650.